The van der Waals surface area contributed by atoms with Crippen LogP contribution in [0.1, 0.15) is 16.9 Å². The third kappa shape index (κ3) is 2.39. The van der Waals surface area contributed by atoms with E-state index in [-0.39, 0.29) is 17.5 Å². The van der Waals surface area contributed by atoms with Crippen LogP contribution in [0.2, 0.25) is 0 Å². The first-order valence-corrected chi connectivity index (χ1v) is 5.65. The van der Waals surface area contributed by atoms with Gasteiger partial charge in [-0.15, -0.1) is 10.2 Å². The predicted molar refractivity (Wildman–Crippen MR) is 63.4 cm³/mol. The Bertz CT molecular complexity index is 460. The number of nitrogens with one attached hydrogen (secondary N) is 1. The monoisotopic (exact) mass is 250 g/mol. The van der Waals surface area contributed by atoms with Gasteiger partial charge in [0.05, 0.1) is 5.92 Å². The van der Waals surface area contributed by atoms with Gasteiger partial charge in [-0.3, -0.25) is 9.59 Å². The molecule has 1 fully saturated rings. The van der Waals surface area contributed by atoms with Crippen LogP contribution in [0.5, 0.6) is 0 Å². The summed E-state index contributed by atoms with van der Waals surface area (Å²) in [5.41, 5.74) is 0.246. The van der Waals surface area contributed by atoms with Gasteiger partial charge in [-0.1, -0.05) is 0 Å². The fourth-order valence-electron chi connectivity index (χ4n) is 1.91. The zero-order valence-electron chi connectivity index (χ0n) is 9.96. The molecule has 1 atom stereocenters. The van der Waals surface area contributed by atoms with Crippen LogP contribution in [-0.2, 0) is 4.79 Å². The molecule has 1 aromatic rings. The average molecular weight is 250 g/mol. The maximum Gasteiger partial charge on any atom is 0.308 e. The third-order valence-electron chi connectivity index (χ3n) is 2.97. The standard InChI is InChI=1S/C11H14N4O3/c1-12-10(16)8-2-3-9(14-13-8)15-5-4-7(6-15)11(17)18/h2-3,7H,4-6H2,1H3,(H,12,16)(H,17,18). The number of carboxylic acid groups (broad SMARTS) is 1. The van der Waals surface area contributed by atoms with E-state index in [9.17, 15) is 9.59 Å². The number of rotatable bonds is 3. The second-order valence-corrected chi connectivity index (χ2v) is 4.13. The number of carbonyl (C=O) groups excluding carboxylic acids is 1. The van der Waals surface area contributed by atoms with E-state index in [1.165, 1.54) is 7.05 Å². The van der Waals surface area contributed by atoms with Crippen molar-refractivity contribution in [1.29, 1.82) is 0 Å². The molecule has 1 amide bonds. The minimum absolute atomic E-state index is 0.246. The Hall–Kier alpha value is -2.18. The molecule has 1 saturated heterocycles. The largest absolute Gasteiger partial charge is 0.481 e. The molecule has 1 unspecified atom stereocenters. The first-order chi connectivity index (χ1) is 8.61. The lowest BCUT2D eigenvalue weighted by molar-refractivity contribution is -0.140. The summed E-state index contributed by atoms with van der Waals surface area (Å²) in [6, 6.07) is 3.26. The van der Waals surface area contributed by atoms with E-state index >= 15 is 0 Å². The molecule has 2 heterocycles. The number of nitrogens with zero attached hydrogens (tertiary/aromatic N) is 3. The topological polar surface area (TPSA) is 95.4 Å². The SMILES string of the molecule is CNC(=O)c1ccc(N2CCC(C(=O)O)C2)nn1. The summed E-state index contributed by atoms with van der Waals surface area (Å²) in [5, 5.41) is 19.1. The van der Waals surface area contributed by atoms with Crippen LogP contribution < -0.4 is 10.2 Å². The Morgan fingerprint density at radius 1 is 1.44 bits per heavy atom. The van der Waals surface area contributed by atoms with Gasteiger partial charge >= 0.3 is 5.97 Å². The number of amides is 1. The normalized spacial score (nSPS) is 18.7. The van der Waals surface area contributed by atoms with Crippen molar-refractivity contribution in [3.05, 3.63) is 17.8 Å². The average Bonchev–Trinajstić information content (AvgIpc) is 2.88. The molecule has 2 N–H and O–H groups in total. The molecule has 0 aromatic carbocycles. The molecular weight excluding hydrogens is 236 g/mol. The Labute approximate surface area is 104 Å². The zero-order chi connectivity index (χ0) is 13.1. The van der Waals surface area contributed by atoms with Crippen molar-refractivity contribution in [2.75, 3.05) is 25.0 Å². The van der Waals surface area contributed by atoms with Crippen LogP contribution in [0.4, 0.5) is 5.82 Å². The van der Waals surface area contributed by atoms with Crippen molar-refractivity contribution in [3.63, 3.8) is 0 Å². The van der Waals surface area contributed by atoms with Crippen molar-refractivity contribution in [2.24, 2.45) is 5.92 Å². The number of carboxylic acids is 1. The van der Waals surface area contributed by atoms with Gasteiger partial charge in [0.15, 0.2) is 11.5 Å². The summed E-state index contributed by atoms with van der Waals surface area (Å²) in [6.45, 7) is 1.08. The molecule has 0 aliphatic carbocycles. The van der Waals surface area contributed by atoms with Gasteiger partial charge in [0.2, 0.25) is 0 Å². The smallest absolute Gasteiger partial charge is 0.308 e. The zero-order valence-corrected chi connectivity index (χ0v) is 9.96. The van der Waals surface area contributed by atoms with Crippen LogP contribution in [0.3, 0.4) is 0 Å². The maximum atomic E-state index is 11.3. The highest BCUT2D eigenvalue weighted by molar-refractivity contribution is 5.91. The second kappa shape index (κ2) is 4.99. The van der Waals surface area contributed by atoms with E-state index in [0.717, 1.165) is 0 Å². The predicted octanol–water partition coefficient (Wildman–Crippen LogP) is -0.253. The molecule has 96 valence electrons. The van der Waals surface area contributed by atoms with E-state index < -0.39 is 5.97 Å². The minimum Gasteiger partial charge on any atom is -0.481 e. The quantitative estimate of drug-likeness (QED) is 0.768. The summed E-state index contributed by atoms with van der Waals surface area (Å²) < 4.78 is 0. The molecule has 0 bridgehead atoms. The van der Waals surface area contributed by atoms with Gasteiger partial charge in [0, 0.05) is 20.1 Å². The molecule has 2 rings (SSSR count). The van der Waals surface area contributed by atoms with E-state index in [2.05, 4.69) is 15.5 Å². The molecule has 1 aliphatic heterocycles. The molecule has 7 heteroatoms. The van der Waals surface area contributed by atoms with Gasteiger partial charge in [0.1, 0.15) is 0 Å². The number of anilines is 1. The number of aliphatic carboxylic acids is 1. The van der Waals surface area contributed by atoms with Gasteiger partial charge < -0.3 is 15.3 Å². The lowest BCUT2D eigenvalue weighted by atomic mass is 10.1. The van der Waals surface area contributed by atoms with E-state index in [1.54, 1.807) is 12.1 Å². The summed E-state index contributed by atoms with van der Waals surface area (Å²) in [7, 11) is 1.52. The molecule has 1 aromatic heterocycles. The highest BCUT2D eigenvalue weighted by Gasteiger charge is 2.28. The van der Waals surface area contributed by atoms with Crippen molar-refractivity contribution < 1.29 is 14.7 Å². The van der Waals surface area contributed by atoms with Crippen molar-refractivity contribution >= 4 is 17.7 Å². The van der Waals surface area contributed by atoms with Crippen molar-refractivity contribution in [3.8, 4) is 0 Å². The van der Waals surface area contributed by atoms with Crippen LogP contribution in [0.25, 0.3) is 0 Å². The molecular formula is C11H14N4O3. The fraction of sp³-hybridized carbons (Fsp3) is 0.455. The first-order valence-electron chi connectivity index (χ1n) is 5.65. The Morgan fingerprint density at radius 2 is 2.22 bits per heavy atom. The number of aromatic nitrogens is 2. The summed E-state index contributed by atoms with van der Waals surface area (Å²) in [4.78, 5) is 24.0. The van der Waals surface area contributed by atoms with E-state index in [0.29, 0.717) is 25.3 Å². The maximum absolute atomic E-state index is 11.3. The molecule has 7 nitrogen and oxygen atoms in total. The number of hydrogen-bond acceptors (Lipinski definition) is 5. The van der Waals surface area contributed by atoms with E-state index in [1.807, 2.05) is 4.90 Å². The fourth-order valence-corrected chi connectivity index (χ4v) is 1.91. The van der Waals surface area contributed by atoms with Crippen LogP contribution in [0.15, 0.2) is 12.1 Å². The number of hydrogen-bond donors (Lipinski definition) is 2. The summed E-state index contributed by atoms with van der Waals surface area (Å²) >= 11 is 0. The van der Waals surface area contributed by atoms with Crippen LogP contribution in [-0.4, -0.2) is 47.3 Å². The Kier molecular flexibility index (Phi) is 3.40. The molecule has 1 aliphatic rings. The minimum atomic E-state index is -0.785. The highest BCUT2D eigenvalue weighted by Crippen LogP contribution is 2.21. The molecule has 18 heavy (non-hydrogen) atoms. The molecule has 0 radical (unpaired) electrons. The Balaban J connectivity index is 2.07. The van der Waals surface area contributed by atoms with Gasteiger partial charge in [0.25, 0.3) is 5.91 Å². The van der Waals surface area contributed by atoms with Gasteiger partial charge in [-0.2, -0.15) is 0 Å². The Morgan fingerprint density at radius 3 is 2.72 bits per heavy atom. The van der Waals surface area contributed by atoms with Crippen LogP contribution >= 0.6 is 0 Å². The van der Waals surface area contributed by atoms with Crippen LogP contribution in [0, 0.1) is 5.92 Å². The van der Waals surface area contributed by atoms with E-state index in [4.69, 9.17) is 5.11 Å². The van der Waals surface area contributed by atoms with Crippen molar-refractivity contribution in [2.45, 2.75) is 6.42 Å². The third-order valence-corrected chi connectivity index (χ3v) is 2.97. The summed E-state index contributed by atoms with van der Waals surface area (Å²) in [5.74, 6) is -0.830. The highest BCUT2D eigenvalue weighted by atomic mass is 16.4. The lowest BCUT2D eigenvalue weighted by Crippen LogP contribution is -2.25. The van der Waals surface area contributed by atoms with Gasteiger partial charge in [-0.05, 0) is 18.6 Å². The lowest BCUT2D eigenvalue weighted by Gasteiger charge is -2.15. The second-order valence-electron chi connectivity index (χ2n) is 4.13. The van der Waals surface area contributed by atoms with Crippen molar-refractivity contribution in [1.82, 2.24) is 15.5 Å². The summed E-state index contributed by atoms with van der Waals surface area (Å²) in [6.07, 6.45) is 0.605. The first kappa shape index (κ1) is 12.3. The molecule has 0 spiro atoms. The molecule has 0 saturated carbocycles. The van der Waals surface area contributed by atoms with Gasteiger partial charge in [-0.25, -0.2) is 0 Å². The number of carbonyl (C=O) groups is 2.